The molecule has 0 rings (SSSR count). The summed E-state index contributed by atoms with van der Waals surface area (Å²) in [6.07, 6.45) is 49.7. The van der Waals surface area contributed by atoms with Crippen molar-refractivity contribution in [1.82, 2.24) is 5.32 Å². The first kappa shape index (κ1) is 44.6. The van der Waals surface area contributed by atoms with E-state index in [-0.39, 0.29) is 12.5 Å². The normalized spacial score (nSPS) is 13.4. The van der Waals surface area contributed by atoms with Gasteiger partial charge in [-0.25, -0.2) is 0 Å². The molecule has 0 aliphatic rings. The SMILES string of the molecule is CCCCCC/C=C/CC/C=C/C(O)C(CO)NC(=O)CCCCCCCCCC/C=C\CCCCCCCCCCCCCC. The highest BCUT2D eigenvalue weighted by atomic mass is 16.3. The molecule has 0 saturated carbocycles. The van der Waals surface area contributed by atoms with Gasteiger partial charge in [0.15, 0.2) is 0 Å². The summed E-state index contributed by atoms with van der Waals surface area (Å²) >= 11 is 0. The van der Waals surface area contributed by atoms with E-state index in [2.05, 4.69) is 43.5 Å². The Morgan fingerprint density at radius 3 is 1.28 bits per heavy atom. The van der Waals surface area contributed by atoms with E-state index in [0.29, 0.717) is 6.42 Å². The molecule has 0 heterocycles. The largest absolute Gasteiger partial charge is 0.394 e. The summed E-state index contributed by atoms with van der Waals surface area (Å²) < 4.78 is 0. The monoisotopic (exact) mass is 646 g/mol. The van der Waals surface area contributed by atoms with Gasteiger partial charge in [0.05, 0.1) is 18.8 Å². The van der Waals surface area contributed by atoms with Crippen LogP contribution in [0.2, 0.25) is 0 Å². The topological polar surface area (TPSA) is 69.6 Å². The third kappa shape index (κ3) is 34.0. The molecule has 46 heavy (non-hydrogen) atoms. The molecule has 0 aromatic heterocycles. The Morgan fingerprint density at radius 1 is 0.500 bits per heavy atom. The zero-order valence-electron chi connectivity index (χ0n) is 30.8. The number of aliphatic hydroxyl groups is 2. The second kappa shape index (κ2) is 38.1. The number of hydrogen-bond acceptors (Lipinski definition) is 3. The highest BCUT2D eigenvalue weighted by molar-refractivity contribution is 5.76. The maximum absolute atomic E-state index is 12.3. The quantitative estimate of drug-likeness (QED) is 0.0469. The molecular formula is C42H79NO3. The summed E-state index contributed by atoms with van der Waals surface area (Å²) in [6.45, 7) is 4.26. The molecule has 0 aromatic rings. The zero-order chi connectivity index (χ0) is 33.6. The van der Waals surface area contributed by atoms with E-state index in [4.69, 9.17) is 0 Å². The number of carbonyl (C=O) groups excluding carboxylic acids is 1. The predicted octanol–water partition coefficient (Wildman–Crippen LogP) is 12.2. The van der Waals surface area contributed by atoms with E-state index in [1.54, 1.807) is 6.08 Å². The smallest absolute Gasteiger partial charge is 0.220 e. The van der Waals surface area contributed by atoms with Gasteiger partial charge in [-0.2, -0.15) is 0 Å². The Labute approximate surface area is 287 Å². The van der Waals surface area contributed by atoms with E-state index in [1.807, 2.05) is 6.08 Å². The minimum Gasteiger partial charge on any atom is -0.394 e. The van der Waals surface area contributed by atoms with Gasteiger partial charge in [-0.1, -0.05) is 179 Å². The van der Waals surface area contributed by atoms with Crippen molar-refractivity contribution in [3.05, 3.63) is 36.5 Å². The molecule has 0 spiro atoms. The summed E-state index contributed by atoms with van der Waals surface area (Å²) in [5.41, 5.74) is 0. The van der Waals surface area contributed by atoms with E-state index in [0.717, 1.165) is 32.1 Å². The van der Waals surface area contributed by atoms with Crippen LogP contribution in [0.5, 0.6) is 0 Å². The zero-order valence-corrected chi connectivity index (χ0v) is 30.8. The van der Waals surface area contributed by atoms with Gasteiger partial charge < -0.3 is 15.5 Å². The maximum Gasteiger partial charge on any atom is 0.220 e. The summed E-state index contributed by atoms with van der Waals surface area (Å²) in [7, 11) is 0. The van der Waals surface area contributed by atoms with Crippen molar-refractivity contribution in [2.75, 3.05) is 6.61 Å². The molecule has 1 amide bonds. The van der Waals surface area contributed by atoms with Crippen molar-refractivity contribution in [3.63, 3.8) is 0 Å². The van der Waals surface area contributed by atoms with Crippen molar-refractivity contribution in [2.24, 2.45) is 0 Å². The van der Waals surface area contributed by atoms with E-state index in [9.17, 15) is 15.0 Å². The number of amides is 1. The lowest BCUT2D eigenvalue weighted by Gasteiger charge is -2.19. The highest BCUT2D eigenvalue weighted by Gasteiger charge is 2.17. The van der Waals surface area contributed by atoms with Gasteiger partial charge >= 0.3 is 0 Å². The second-order valence-corrected chi connectivity index (χ2v) is 13.7. The minimum absolute atomic E-state index is 0.0793. The maximum atomic E-state index is 12.3. The average Bonchev–Trinajstić information content (AvgIpc) is 3.06. The molecule has 0 bridgehead atoms. The van der Waals surface area contributed by atoms with Gasteiger partial charge in [-0.15, -0.1) is 0 Å². The van der Waals surface area contributed by atoms with E-state index in [1.165, 1.54) is 154 Å². The fraction of sp³-hybridized carbons (Fsp3) is 0.833. The molecule has 0 saturated heterocycles. The molecule has 0 radical (unpaired) electrons. The van der Waals surface area contributed by atoms with Gasteiger partial charge in [-0.05, 0) is 57.8 Å². The van der Waals surface area contributed by atoms with Crippen LogP contribution in [0, 0.1) is 0 Å². The van der Waals surface area contributed by atoms with Crippen LogP contribution < -0.4 is 5.32 Å². The van der Waals surface area contributed by atoms with Gasteiger partial charge in [-0.3, -0.25) is 4.79 Å². The molecular weight excluding hydrogens is 566 g/mol. The molecule has 0 fully saturated rings. The van der Waals surface area contributed by atoms with Gasteiger partial charge in [0.25, 0.3) is 0 Å². The molecule has 4 heteroatoms. The van der Waals surface area contributed by atoms with Crippen LogP contribution in [0.1, 0.15) is 206 Å². The lowest BCUT2D eigenvalue weighted by molar-refractivity contribution is -0.123. The first-order chi connectivity index (χ1) is 22.7. The fourth-order valence-electron chi connectivity index (χ4n) is 5.95. The Kier molecular flexibility index (Phi) is 36.9. The molecule has 0 aromatic carbocycles. The van der Waals surface area contributed by atoms with Crippen LogP contribution in [0.3, 0.4) is 0 Å². The van der Waals surface area contributed by atoms with Crippen molar-refractivity contribution in [3.8, 4) is 0 Å². The number of unbranched alkanes of at least 4 members (excludes halogenated alkanes) is 25. The number of carbonyl (C=O) groups is 1. The first-order valence-corrected chi connectivity index (χ1v) is 20.2. The van der Waals surface area contributed by atoms with Crippen LogP contribution in [0.15, 0.2) is 36.5 Å². The summed E-state index contributed by atoms with van der Waals surface area (Å²) in [5, 5.41) is 22.8. The lowest BCUT2D eigenvalue weighted by Crippen LogP contribution is -2.45. The van der Waals surface area contributed by atoms with Crippen molar-refractivity contribution in [2.45, 2.75) is 219 Å². The molecule has 2 unspecified atom stereocenters. The number of hydrogen-bond donors (Lipinski definition) is 3. The van der Waals surface area contributed by atoms with Crippen molar-refractivity contribution in [1.29, 1.82) is 0 Å². The Balaban J connectivity index is 3.54. The third-order valence-corrected chi connectivity index (χ3v) is 9.10. The van der Waals surface area contributed by atoms with Crippen LogP contribution in [-0.2, 0) is 4.79 Å². The van der Waals surface area contributed by atoms with Gasteiger partial charge in [0.2, 0.25) is 5.91 Å². The Hall–Kier alpha value is -1.39. The number of nitrogens with one attached hydrogen (secondary N) is 1. The predicted molar refractivity (Wildman–Crippen MR) is 202 cm³/mol. The van der Waals surface area contributed by atoms with Crippen LogP contribution in [-0.4, -0.2) is 34.9 Å². The van der Waals surface area contributed by atoms with E-state index >= 15 is 0 Å². The lowest BCUT2D eigenvalue weighted by atomic mass is 10.0. The van der Waals surface area contributed by atoms with Crippen LogP contribution >= 0.6 is 0 Å². The summed E-state index contributed by atoms with van der Waals surface area (Å²) in [5.74, 6) is -0.0793. The van der Waals surface area contributed by atoms with E-state index < -0.39 is 12.1 Å². The first-order valence-electron chi connectivity index (χ1n) is 20.2. The molecule has 0 aliphatic carbocycles. The molecule has 2 atom stereocenters. The standard InChI is InChI=1S/C42H79NO3/c1-3-5-7-9-11-13-15-16-17-18-19-20-21-22-23-24-25-26-27-28-30-32-34-36-38-42(46)43-40(39-44)41(45)37-35-33-31-29-14-12-10-8-6-4-2/h14,22-23,29,35,37,40-41,44-45H,3-13,15-21,24-28,30-34,36,38-39H2,1-2H3,(H,43,46)/b23-22-,29-14+,37-35+. The molecule has 0 aliphatic heterocycles. The Morgan fingerprint density at radius 2 is 0.848 bits per heavy atom. The minimum atomic E-state index is -0.860. The molecule has 270 valence electrons. The highest BCUT2D eigenvalue weighted by Crippen LogP contribution is 2.14. The number of rotatable bonds is 36. The van der Waals surface area contributed by atoms with Gasteiger partial charge in [0, 0.05) is 6.42 Å². The third-order valence-electron chi connectivity index (χ3n) is 9.10. The second-order valence-electron chi connectivity index (χ2n) is 13.7. The number of allylic oxidation sites excluding steroid dienone is 5. The van der Waals surface area contributed by atoms with Crippen molar-refractivity contribution >= 4 is 5.91 Å². The average molecular weight is 646 g/mol. The van der Waals surface area contributed by atoms with Crippen molar-refractivity contribution < 1.29 is 15.0 Å². The Bertz CT molecular complexity index is 701. The fourth-order valence-corrected chi connectivity index (χ4v) is 5.95. The van der Waals surface area contributed by atoms with Crippen LogP contribution in [0.25, 0.3) is 0 Å². The van der Waals surface area contributed by atoms with Crippen LogP contribution in [0.4, 0.5) is 0 Å². The molecule has 3 N–H and O–H groups in total. The van der Waals surface area contributed by atoms with Gasteiger partial charge in [0.1, 0.15) is 0 Å². The number of aliphatic hydroxyl groups excluding tert-OH is 2. The molecule has 4 nitrogen and oxygen atoms in total. The summed E-state index contributed by atoms with van der Waals surface area (Å²) in [4.78, 5) is 12.3. The summed E-state index contributed by atoms with van der Waals surface area (Å²) in [6, 6.07) is -0.637.